The smallest absolute Gasteiger partial charge is 0.225 e. The molecule has 2 aromatic heterocycles. The maximum absolute atomic E-state index is 10.0. The van der Waals surface area contributed by atoms with Crippen molar-refractivity contribution in [1.82, 2.24) is 25.0 Å². The van der Waals surface area contributed by atoms with Gasteiger partial charge in [0.15, 0.2) is 16.3 Å². The van der Waals surface area contributed by atoms with Gasteiger partial charge in [0.25, 0.3) is 0 Å². The number of rotatable bonds is 1. The van der Waals surface area contributed by atoms with Gasteiger partial charge in [-0.1, -0.05) is 29.7 Å². The molecule has 0 saturated heterocycles. The van der Waals surface area contributed by atoms with Gasteiger partial charge in [0, 0.05) is 0 Å². The molecular formula is C10H11Cl2N5O. The zero-order valence-corrected chi connectivity index (χ0v) is 10.9. The van der Waals surface area contributed by atoms with E-state index in [0.29, 0.717) is 11.2 Å². The van der Waals surface area contributed by atoms with Crippen LogP contribution in [0.15, 0.2) is 0 Å². The molecule has 0 radical (unpaired) electrons. The van der Waals surface area contributed by atoms with Crippen molar-refractivity contribution >= 4 is 34.4 Å². The molecule has 0 amide bonds. The number of aliphatic hydroxyl groups excluding tert-OH is 1. The first kappa shape index (κ1) is 12.1. The minimum Gasteiger partial charge on any atom is -0.391 e. The van der Waals surface area contributed by atoms with Crippen molar-refractivity contribution < 1.29 is 5.11 Å². The highest BCUT2D eigenvalue weighted by Crippen LogP contribution is 2.31. The van der Waals surface area contributed by atoms with Crippen LogP contribution in [0, 0.1) is 0 Å². The predicted octanol–water partition coefficient (Wildman–Crippen LogP) is 2.00. The molecule has 1 aliphatic rings. The first-order valence-electron chi connectivity index (χ1n) is 5.79. The summed E-state index contributed by atoms with van der Waals surface area (Å²) < 4.78 is 1.61. The molecule has 0 aliphatic heterocycles. The number of nitrogens with zero attached hydrogens (tertiary/aromatic N) is 5. The molecule has 18 heavy (non-hydrogen) atoms. The molecule has 1 aliphatic carbocycles. The molecule has 0 spiro atoms. The maximum atomic E-state index is 10.0. The lowest BCUT2D eigenvalue weighted by atomic mass is 9.93. The van der Waals surface area contributed by atoms with Gasteiger partial charge in [0.2, 0.25) is 5.28 Å². The Morgan fingerprint density at radius 2 is 1.94 bits per heavy atom. The highest BCUT2D eigenvalue weighted by Gasteiger charge is 2.28. The Balaban J connectivity index is 2.11. The predicted molar refractivity (Wildman–Crippen MR) is 66.6 cm³/mol. The lowest BCUT2D eigenvalue weighted by Crippen LogP contribution is -2.28. The first-order valence-corrected chi connectivity index (χ1v) is 6.54. The number of aromatic nitrogens is 5. The van der Waals surface area contributed by atoms with Gasteiger partial charge in [-0.15, -0.1) is 5.10 Å². The quantitative estimate of drug-likeness (QED) is 0.641. The summed E-state index contributed by atoms with van der Waals surface area (Å²) in [5.74, 6) is 0. The third-order valence-corrected chi connectivity index (χ3v) is 3.69. The van der Waals surface area contributed by atoms with E-state index < -0.39 is 6.10 Å². The Labute approximate surface area is 113 Å². The van der Waals surface area contributed by atoms with Gasteiger partial charge in [0.1, 0.15) is 0 Å². The lowest BCUT2D eigenvalue weighted by molar-refractivity contribution is 0.0703. The van der Waals surface area contributed by atoms with Crippen molar-refractivity contribution in [3.05, 3.63) is 10.4 Å². The average Bonchev–Trinajstić information content (AvgIpc) is 2.73. The molecule has 0 unspecified atom stereocenters. The first-order chi connectivity index (χ1) is 8.66. The zero-order chi connectivity index (χ0) is 12.7. The summed E-state index contributed by atoms with van der Waals surface area (Å²) in [6.07, 6.45) is 3.25. The second-order valence-electron chi connectivity index (χ2n) is 4.41. The SMILES string of the molecule is O[C@@H]1CCCC[C@@H]1n1nnc2c(Cl)nc(Cl)nc21. The van der Waals surface area contributed by atoms with Crippen molar-refractivity contribution in [2.24, 2.45) is 0 Å². The molecular weight excluding hydrogens is 277 g/mol. The van der Waals surface area contributed by atoms with Crippen LogP contribution in [-0.4, -0.2) is 36.2 Å². The molecule has 0 bridgehead atoms. The lowest BCUT2D eigenvalue weighted by Gasteiger charge is -2.27. The van der Waals surface area contributed by atoms with Crippen LogP contribution < -0.4 is 0 Å². The van der Waals surface area contributed by atoms with E-state index in [1.807, 2.05) is 0 Å². The van der Waals surface area contributed by atoms with E-state index in [1.54, 1.807) is 4.68 Å². The van der Waals surface area contributed by atoms with E-state index in [2.05, 4.69) is 20.3 Å². The number of fused-ring (bicyclic) bond motifs is 1. The fourth-order valence-corrected chi connectivity index (χ4v) is 2.78. The zero-order valence-electron chi connectivity index (χ0n) is 9.42. The summed E-state index contributed by atoms with van der Waals surface area (Å²) >= 11 is 11.7. The molecule has 1 N–H and O–H groups in total. The van der Waals surface area contributed by atoms with Gasteiger partial charge in [-0.2, -0.15) is 4.98 Å². The van der Waals surface area contributed by atoms with E-state index in [4.69, 9.17) is 23.2 Å². The maximum Gasteiger partial charge on any atom is 0.225 e. The molecule has 3 rings (SSSR count). The van der Waals surface area contributed by atoms with Crippen molar-refractivity contribution in [3.8, 4) is 0 Å². The van der Waals surface area contributed by atoms with Crippen molar-refractivity contribution in [2.45, 2.75) is 37.8 Å². The van der Waals surface area contributed by atoms with Crippen molar-refractivity contribution in [1.29, 1.82) is 0 Å². The van der Waals surface area contributed by atoms with E-state index in [9.17, 15) is 5.11 Å². The van der Waals surface area contributed by atoms with Gasteiger partial charge in [-0.05, 0) is 24.4 Å². The van der Waals surface area contributed by atoms with Crippen LogP contribution in [-0.2, 0) is 0 Å². The molecule has 0 aromatic carbocycles. The summed E-state index contributed by atoms with van der Waals surface area (Å²) in [7, 11) is 0. The highest BCUT2D eigenvalue weighted by atomic mass is 35.5. The van der Waals surface area contributed by atoms with Gasteiger partial charge in [-0.25, -0.2) is 9.67 Å². The summed E-state index contributed by atoms with van der Waals surface area (Å²) in [5, 5.41) is 18.3. The van der Waals surface area contributed by atoms with Crippen LogP contribution in [0.1, 0.15) is 31.7 Å². The van der Waals surface area contributed by atoms with Crippen molar-refractivity contribution in [2.75, 3.05) is 0 Å². The Kier molecular flexibility index (Phi) is 3.09. The van der Waals surface area contributed by atoms with E-state index in [0.717, 1.165) is 25.7 Å². The molecule has 2 aromatic rings. The van der Waals surface area contributed by atoms with Gasteiger partial charge in [0.05, 0.1) is 12.1 Å². The third-order valence-electron chi connectivity index (χ3n) is 3.26. The summed E-state index contributed by atoms with van der Waals surface area (Å²) in [6, 6.07) is -0.120. The number of halogens is 2. The molecule has 96 valence electrons. The molecule has 1 saturated carbocycles. The van der Waals surface area contributed by atoms with Crippen LogP contribution in [0.5, 0.6) is 0 Å². The Bertz CT molecular complexity index is 587. The molecule has 2 heterocycles. The minimum atomic E-state index is -0.434. The molecule has 2 atom stereocenters. The van der Waals surface area contributed by atoms with Gasteiger partial charge in [-0.3, -0.25) is 0 Å². The number of hydrogen-bond donors (Lipinski definition) is 1. The second-order valence-corrected chi connectivity index (χ2v) is 5.10. The largest absolute Gasteiger partial charge is 0.391 e. The second kappa shape index (κ2) is 4.60. The molecule has 6 nitrogen and oxygen atoms in total. The van der Waals surface area contributed by atoms with Gasteiger partial charge >= 0.3 is 0 Å². The van der Waals surface area contributed by atoms with Crippen LogP contribution in [0.4, 0.5) is 0 Å². The number of hydrogen-bond acceptors (Lipinski definition) is 5. The molecule has 1 fully saturated rings. The topological polar surface area (TPSA) is 76.7 Å². The minimum absolute atomic E-state index is 0.0568. The fraction of sp³-hybridized carbons (Fsp3) is 0.600. The van der Waals surface area contributed by atoms with Crippen LogP contribution in [0.3, 0.4) is 0 Å². The van der Waals surface area contributed by atoms with E-state index in [1.165, 1.54) is 0 Å². The summed E-state index contributed by atoms with van der Waals surface area (Å²) in [6.45, 7) is 0. The monoisotopic (exact) mass is 287 g/mol. The van der Waals surface area contributed by atoms with Crippen molar-refractivity contribution in [3.63, 3.8) is 0 Å². The Morgan fingerprint density at radius 3 is 2.72 bits per heavy atom. The highest BCUT2D eigenvalue weighted by molar-refractivity contribution is 6.35. The third kappa shape index (κ3) is 1.94. The summed E-state index contributed by atoms with van der Waals surface area (Å²) in [4.78, 5) is 7.92. The van der Waals surface area contributed by atoms with E-state index >= 15 is 0 Å². The Hall–Kier alpha value is -0.980. The molecule has 8 heteroatoms. The number of aliphatic hydroxyl groups is 1. The fourth-order valence-electron chi connectivity index (χ4n) is 2.37. The van der Waals surface area contributed by atoms with Crippen LogP contribution >= 0.6 is 23.2 Å². The van der Waals surface area contributed by atoms with Crippen LogP contribution in [0.2, 0.25) is 10.4 Å². The van der Waals surface area contributed by atoms with Gasteiger partial charge < -0.3 is 5.11 Å². The summed E-state index contributed by atoms with van der Waals surface area (Å²) in [5.41, 5.74) is 0.893. The average molecular weight is 288 g/mol. The van der Waals surface area contributed by atoms with E-state index in [-0.39, 0.29) is 16.5 Å². The Morgan fingerprint density at radius 1 is 1.17 bits per heavy atom. The standard InChI is InChI=1S/C10H11Cl2N5O/c11-8-7-9(14-10(12)13-8)17(16-15-7)5-3-1-2-4-6(5)18/h5-6,18H,1-4H2/t5-,6+/m0/s1. The normalized spacial score (nSPS) is 24.6. The van der Waals surface area contributed by atoms with Crippen LogP contribution in [0.25, 0.3) is 11.2 Å².